The highest BCUT2D eigenvalue weighted by Gasteiger charge is 1.97. The van der Waals surface area contributed by atoms with Crippen molar-refractivity contribution in [2.75, 3.05) is 13.2 Å². The molecule has 0 aromatic heterocycles. The minimum Gasteiger partial charge on any atom is -0.494 e. The molecule has 0 bridgehead atoms. The minimum absolute atomic E-state index is 0.844. The molecule has 2 aromatic carbocycles. The molecular weight excluding hydrogens is 368 g/mol. The Morgan fingerprint density at radius 1 is 0.433 bits per heavy atom. The van der Waals surface area contributed by atoms with E-state index >= 15 is 0 Å². The third-order valence-electron chi connectivity index (χ3n) is 5.74. The van der Waals surface area contributed by atoms with Crippen LogP contribution in [0.15, 0.2) is 48.5 Å². The summed E-state index contributed by atoms with van der Waals surface area (Å²) in [7, 11) is 0. The van der Waals surface area contributed by atoms with Crippen molar-refractivity contribution in [1.82, 2.24) is 0 Å². The Morgan fingerprint density at radius 3 is 1.03 bits per heavy atom. The van der Waals surface area contributed by atoms with Crippen LogP contribution in [0, 0.1) is 0 Å². The molecule has 30 heavy (non-hydrogen) atoms. The minimum atomic E-state index is 0.844. The Labute approximate surface area is 185 Å². The van der Waals surface area contributed by atoms with Crippen LogP contribution in [0.1, 0.15) is 89.2 Å². The second-order valence-corrected chi connectivity index (χ2v) is 8.23. The number of aryl methyl sites for hydroxylation is 2. The average molecular weight is 411 g/mol. The van der Waals surface area contributed by atoms with E-state index < -0.39 is 0 Å². The average Bonchev–Trinajstić information content (AvgIpc) is 2.80. The summed E-state index contributed by atoms with van der Waals surface area (Å²) in [4.78, 5) is 0. The van der Waals surface area contributed by atoms with E-state index in [1.807, 2.05) is 0 Å². The molecule has 2 nitrogen and oxygen atoms in total. The molecule has 0 unspecified atom stereocenters. The molecule has 0 atom stereocenters. The summed E-state index contributed by atoms with van der Waals surface area (Å²) in [6, 6.07) is 17.0. The first-order chi connectivity index (χ1) is 14.8. The number of hydrogen-bond donors (Lipinski definition) is 0. The second kappa shape index (κ2) is 15.8. The first-order valence-corrected chi connectivity index (χ1v) is 12.2. The van der Waals surface area contributed by atoms with Crippen LogP contribution in [-0.4, -0.2) is 13.2 Å². The van der Waals surface area contributed by atoms with E-state index in [9.17, 15) is 0 Å². The Hall–Kier alpha value is -1.96. The zero-order valence-electron chi connectivity index (χ0n) is 19.3. The maximum atomic E-state index is 5.83. The molecule has 0 heterocycles. The standard InChI is InChI=1S/C28H42O2/c1-3-25-15-19-27(20-16-25)29-23-13-11-9-7-5-6-8-10-12-14-24-30-28-21-17-26(4-2)18-22-28/h15-22H,3-14,23-24H2,1-2H3. The fourth-order valence-corrected chi connectivity index (χ4v) is 3.64. The van der Waals surface area contributed by atoms with Gasteiger partial charge in [-0.1, -0.05) is 89.5 Å². The predicted octanol–water partition coefficient (Wildman–Crippen LogP) is 8.17. The summed E-state index contributed by atoms with van der Waals surface area (Å²) in [5.41, 5.74) is 2.74. The Morgan fingerprint density at radius 2 is 0.733 bits per heavy atom. The molecule has 2 rings (SSSR count). The first-order valence-electron chi connectivity index (χ1n) is 12.2. The molecule has 0 spiro atoms. The number of hydrogen-bond acceptors (Lipinski definition) is 2. The monoisotopic (exact) mass is 410 g/mol. The third-order valence-corrected chi connectivity index (χ3v) is 5.74. The summed E-state index contributed by atoms with van der Waals surface area (Å²) in [6.45, 7) is 6.05. The molecular formula is C28H42O2. The largest absolute Gasteiger partial charge is 0.494 e. The van der Waals surface area contributed by atoms with E-state index in [-0.39, 0.29) is 0 Å². The van der Waals surface area contributed by atoms with Crippen molar-refractivity contribution in [1.29, 1.82) is 0 Å². The van der Waals surface area contributed by atoms with Gasteiger partial charge in [-0.2, -0.15) is 0 Å². The van der Waals surface area contributed by atoms with Crippen molar-refractivity contribution in [3.05, 3.63) is 59.7 Å². The van der Waals surface area contributed by atoms with Crippen LogP contribution in [0.3, 0.4) is 0 Å². The van der Waals surface area contributed by atoms with Gasteiger partial charge >= 0.3 is 0 Å². The van der Waals surface area contributed by atoms with Gasteiger partial charge in [0.05, 0.1) is 13.2 Å². The van der Waals surface area contributed by atoms with E-state index in [1.54, 1.807) is 0 Å². The van der Waals surface area contributed by atoms with Crippen molar-refractivity contribution in [3.63, 3.8) is 0 Å². The lowest BCUT2D eigenvalue weighted by atomic mass is 10.1. The normalized spacial score (nSPS) is 10.9. The molecule has 0 aliphatic rings. The van der Waals surface area contributed by atoms with Gasteiger partial charge in [-0.15, -0.1) is 0 Å². The van der Waals surface area contributed by atoms with Crippen molar-refractivity contribution in [2.24, 2.45) is 0 Å². The molecule has 0 aliphatic carbocycles. The summed E-state index contributed by atoms with van der Waals surface area (Å²) < 4.78 is 11.7. The zero-order chi connectivity index (χ0) is 21.3. The highest BCUT2D eigenvalue weighted by atomic mass is 16.5. The maximum Gasteiger partial charge on any atom is 0.119 e. The molecule has 2 aromatic rings. The van der Waals surface area contributed by atoms with E-state index in [0.29, 0.717) is 0 Å². The van der Waals surface area contributed by atoms with E-state index in [0.717, 1.165) is 50.4 Å². The van der Waals surface area contributed by atoms with Crippen LogP contribution < -0.4 is 9.47 Å². The Bertz CT molecular complexity index is 586. The number of unbranched alkanes of at least 4 members (excludes halogenated alkanes) is 9. The van der Waals surface area contributed by atoms with E-state index in [4.69, 9.17) is 9.47 Å². The van der Waals surface area contributed by atoms with Crippen molar-refractivity contribution >= 4 is 0 Å². The fourth-order valence-electron chi connectivity index (χ4n) is 3.64. The molecule has 166 valence electrons. The number of benzene rings is 2. The lowest BCUT2D eigenvalue weighted by Gasteiger charge is -2.07. The van der Waals surface area contributed by atoms with Gasteiger partial charge in [-0.05, 0) is 61.1 Å². The lowest BCUT2D eigenvalue weighted by Crippen LogP contribution is -1.97. The number of ether oxygens (including phenoxy) is 2. The fraction of sp³-hybridized carbons (Fsp3) is 0.571. The SMILES string of the molecule is CCc1ccc(OCCCCCCCCCCCCOc2ccc(CC)cc2)cc1. The zero-order valence-corrected chi connectivity index (χ0v) is 19.3. The van der Waals surface area contributed by atoms with Gasteiger partial charge in [0.2, 0.25) is 0 Å². The molecule has 0 saturated carbocycles. The van der Waals surface area contributed by atoms with Crippen LogP contribution in [0.25, 0.3) is 0 Å². The molecule has 0 amide bonds. The quantitative estimate of drug-likeness (QED) is 0.245. The van der Waals surface area contributed by atoms with Crippen LogP contribution in [-0.2, 0) is 12.8 Å². The van der Waals surface area contributed by atoms with Crippen LogP contribution in [0.2, 0.25) is 0 Å². The van der Waals surface area contributed by atoms with Gasteiger partial charge in [0.15, 0.2) is 0 Å². The van der Waals surface area contributed by atoms with Crippen LogP contribution in [0.5, 0.6) is 11.5 Å². The van der Waals surface area contributed by atoms with Crippen LogP contribution >= 0.6 is 0 Å². The van der Waals surface area contributed by atoms with Crippen molar-refractivity contribution in [2.45, 2.75) is 90.9 Å². The molecule has 0 fully saturated rings. The van der Waals surface area contributed by atoms with Crippen molar-refractivity contribution < 1.29 is 9.47 Å². The Kier molecular flexibility index (Phi) is 12.8. The highest BCUT2D eigenvalue weighted by Crippen LogP contribution is 2.15. The van der Waals surface area contributed by atoms with Gasteiger partial charge in [0.1, 0.15) is 11.5 Å². The lowest BCUT2D eigenvalue weighted by molar-refractivity contribution is 0.303. The van der Waals surface area contributed by atoms with Crippen molar-refractivity contribution in [3.8, 4) is 11.5 Å². The molecule has 0 saturated heterocycles. The smallest absolute Gasteiger partial charge is 0.119 e. The molecule has 0 aliphatic heterocycles. The summed E-state index contributed by atoms with van der Waals surface area (Å²) in [5, 5.41) is 0. The summed E-state index contributed by atoms with van der Waals surface area (Å²) in [5.74, 6) is 2.01. The van der Waals surface area contributed by atoms with E-state index in [1.165, 1.54) is 62.5 Å². The summed E-state index contributed by atoms with van der Waals surface area (Å²) >= 11 is 0. The van der Waals surface area contributed by atoms with Gasteiger partial charge in [-0.25, -0.2) is 0 Å². The summed E-state index contributed by atoms with van der Waals surface area (Å²) in [6.07, 6.45) is 15.2. The topological polar surface area (TPSA) is 18.5 Å². The van der Waals surface area contributed by atoms with Gasteiger partial charge in [0.25, 0.3) is 0 Å². The first kappa shape index (κ1) is 24.3. The molecule has 2 heteroatoms. The highest BCUT2D eigenvalue weighted by molar-refractivity contribution is 5.27. The van der Waals surface area contributed by atoms with E-state index in [2.05, 4.69) is 62.4 Å². The van der Waals surface area contributed by atoms with Crippen LogP contribution in [0.4, 0.5) is 0 Å². The van der Waals surface area contributed by atoms with Gasteiger partial charge in [0, 0.05) is 0 Å². The van der Waals surface area contributed by atoms with Gasteiger partial charge < -0.3 is 9.47 Å². The predicted molar refractivity (Wildman–Crippen MR) is 129 cm³/mol. The second-order valence-electron chi connectivity index (χ2n) is 8.23. The van der Waals surface area contributed by atoms with Gasteiger partial charge in [-0.3, -0.25) is 0 Å². The maximum absolute atomic E-state index is 5.83. The Balaban J connectivity index is 1.32. The molecule has 0 radical (unpaired) electrons. The third kappa shape index (κ3) is 10.7. The number of rotatable bonds is 17. The molecule has 0 N–H and O–H groups in total.